The average molecular weight is 610 g/mol. The van der Waals surface area contributed by atoms with Gasteiger partial charge in [-0.15, -0.1) is 0 Å². The van der Waals surface area contributed by atoms with Crippen LogP contribution in [0.4, 0.5) is 0 Å². The SMILES string of the molecule is CCOC(=O)CCCCN(CCc1ccccc1OCc1ccc(-c2ccccc2OC)cc1)Cc1ccc(C(=O)OC)cc1. The summed E-state index contributed by atoms with van der Waals surface area (Å²) >= 11 is 0. The number of ether oxygens (including phenoxy) is 4. The summed E-state index contributed by atoms with van der Waals surface area (Å²) in [5.74, 6) is 1.22. The van der Waals surface area contributed by atoms with E-state index in [1.165, 1.54) is 7.11 Å². The number of methoxy groups -OCH3 is 2. The van der Waals surface area contributed by atoms with Gasteiger partial charge in [-0.1, -0.05) is 72.8 Å². The molecule has 0 aliphatic heterocycles. The fourth-order valence-corrected chi connectivity index (χ4v) is 5.18. The van der Waals surface area contributed by atoms with Crippen LogP contribution in [-0.4, -0.2) is 50.8 Å². The molecule has 0 fully saturated rings. The van der Waals surface area contributed by atoms with Crippen molar-refractivity contribution in [2.24, 2.45) is 0 Å². The minimum atomic E-state index is -0.346. The molecule has 7 heteroatoms. The maximum absolute atomic E-state index is 11.9. The molecule has 4 aromatic carbocycles. The Morgan fingerprint density at radius 2 is 1.42 bits per heavy atom. The lowest BCUT2D eigenvalue weighted by Crippen LogP contribution is -2.27. The molecule has 0 amide bonds. The van der Waals surface area contributed by atoms with Crippen molar-refractivity contribution >= 4 is 11.9 Å². The van der Waals surface area contributed by atoms with Gasteiger partial charge in [0.15, 0.2) is 0 Å². The predicted molar refractivity (Wildman–Crippen MR) is 176 cm³/mol. The second-order valence-corrected chi connectivity index (χ2v) is 10.8. The summed E-state index contributed by atoms with van der Waals surface area (Å²) in [5, 5.41) is 0. The van der Waals surface area contributed by atoms with Gasteiger partial charge in [-0.2, -0.15) is 0 Å². The summed E-state index contributed by atoms with van der Waals surface area (Å²) < 4.78 is 21.8. The van der Waals surface area contributed by atoms with E-state index in [4.69, 9.17) is 18.9 Å². The van der Waals surface area contributed by atoms with Gasteiger partial charge in [-0.25, -0.2) is 4.79 Å². The van der Waals surface area contributed by atoms with E-state index in [0.29, 0.717) is 25.2 Å². The van der Waals surface area contributed by atoms with Crippen LogP contribution < -0.4 is 9.47 Å². The van der Waals surface area contributed by atoms with Crippen molar-refractivity contribution in [2.75, 3.05) is 33.9 Å². The largest absolute Gasteiger partial charge is 0.496 e. The standard InChI is InChI=1S/C38H43NO6/c1-4-44-37(40)15-9-10-25-39(27-29-16-22-33(23-17-29)38(41)43-3)26-24-32-11-5-7-13-35(32)45-28-30-18-20-31(21-19-30)34-12-6-8-14-36(34)42-2/h5-8,11-14,16-23H,4,9-10,15,24-28H2,1-3H3. The van der Waals surface area contributed by atoms with Gasteiger partial charge in [0, 0.05) is 25.1 Å². The minimum Gasteiger partial charge on any atom is -0.496 e. The number of rotatable bonds is 17. The molecule has 0 unspecified atom stereocenters. The highest BCUT2D eigenvalue weighted by Crippen LogP contribution is 2.30. The van der Waals surface area contributed by atoms with E-state index in [1.54, 1.807) is 19.2 Å². The topological polar surface area (TPSA) is 74.3 Å². The van der Waals surface area contributed by atoms with Crippen molar-refractivity contribution in [1.29, 1.82) is 0 Å². The number of unbranched alkanes of at least 4 members (excludes halogenated alkanes) is 1. The van der Waals surface area contributed by atoms with Crippen molar-refractivity contribution in [3.63, 3.8) is 0 Å². The highest BCUT2D eigenvalue weighted by atomic mass is 16.5. The zero-order valence-corrected chi connectivity index (χ0v) is 26.5. The van der Waals surface area contributed by atoms with E-state index >= 15 is 0 Å². The van der Waals surface area contributed by atoms with E-state index in [0.717, 1.165) is 78.2 Å². The van der Waals surface area contributed by atoms with Crippen LogP contribution in [0.5, 0.6) is 11.5 Å². The second kappa shape index (κ2) is 17.6. The molecule has 4 aromatic rings. The van der Waals surface area contributed by atoms with Gasteiger partial charge in [0.2, 0.25) is 0 Å². The highest BCUT2D eigenvalue weighted by Gasteiger charge is 2.12. The number of hydrogen-bond donors (Lipinski definition) is 0. The molecule has 0 saturated heterocycles. The zero-order chi connectivity index (χ0) is 31.9. The van der Waals surface area contributed by atoms with Crippen LogP contribution in [0.25, 0.3) is 11.1 Å². The molecule has 0 N–H and O–H groups in total. The molecule has 0 aliphatic rings. The number of carbonyl (C=O) groups is 2. The van der Waals surface area contributed by atoms with Gasteiger partial charge in [0.05, 0.1) is 26.4 Å². The third-order valence-electron chi connectivity index (χ3n) is 7.63. The summed E-state index contributed by atoms with van der Waals surface area (Å²) in [6.07, 6.45) is 2.88. The van der Waals surface area contributed by atoms with Crippen LogP contribution in [0, 0.1) is 0 Å². The van der Waals surface area contributed by atoms with Crippen molar-refractivity contribution in [2.45, 2.75) is 45.8 Å². The van der Waals surface area contributed by atoms with E-state index < -0.39 is 0 Å². The van der Waals surface area contributed by atoms with Crippen LogP contribution >= 0.6 is 0 Å². The minimum absolute atomic E-state index is 0.150. The van der Waals surface area contributed by atoms with Gasteiger partial charge >= 0.3 is 11.9 Å². The summed E-state index contributed by atoms with van der Waals surface area (Å²) in [7, 11) is 3.07. The summed E-state index contributed by atoms with van der Waals surface area (Å²) in [4.78, 5) is 26.1. The molecular weight excluding hydrogens is 566 g/mol. The van der Waals surface area contributed by atoms with E-state index in [-0.39, 0.29) is 11.9 Å². The molecular formula is C38H43NO6. The van der Waals surface area contributed by atoms with Gasteiger partial charge in [-0.3, -0.25) is 9.69 Å². The number of nitrogens with zero attached hydrogens (tertiary/aromatic N) is 1. The number of benzene rings is 4. The monoisotopic (exact) mass is 609 g/mol. The lowest BCUT2D eigenvalue weighted by Gasteiger charge is -2.23. The Balaban J connectivity index is 1.38. The first-order valence-corrected chi connectivity index (χ1v) is 15.5. The van der Waals surface area contributed by atoms with Crippen LogP contribution in [0.2, 0.25) is 0 Å². The molecule has 4 rings (SSSR count). The molecule has 0 heterocycles. The molecule has 0 saturated carbocycles. The van der Waals surface area contributed by atoms with Gasteiger partial charge in [0.25, 0.3) is 0 Å². The van der Waals surface area contributed by atoms with E-state index in [2.05, 4.69) is 41.3 Å². The Labute approximate surface area is 266 Å². The summed E-state index contributed by atoms with van der Waals surface area (Å²) in [6, 6.07) is 32.1. The smallest absolute Gasteiger partial charge is 0.337 e. The van der Waals surface area contributed by atoms with Gasteiger partial charge < -0.3 is 18.9 Å². The van der Waals surface area contributed by atoms with E-state index in [1.807, 2.05) is 55.5 Å². The van der Waals surface area contributed by atoms with Gasteiger partial charge in [-0.05, 0) is 79.3 Å². The predicted octanol–water partition coefficient (Wildman–Crippen LogP) is 7.51. The number of para-hydroxylation sites is 2. The Morgan fingerprint density at radius 3 is 2.13 bits per heavy atom. The highest BCUT2D eigenvalue weighted by molar-refractivity contribution is 5.89. The third-order valence-corrected chi connectivity index (χ3v) is 7.63. The molecule has 0 spiro atoms. The lowest BCUT2D eigenvalue weighted by molar-refractivity contribution is -0.143. The third kappa shape index (κ3) is 10.2. The molecule has 0 aromatic heterocycles. The number of esters is 2. The molecule has 0 aliphatic carbocycles. The van der Waals surface area contributed by atoms with Crippen LogP contribution in [-0.2, 0) is 33.8 Å². The maximum atomic E-state index is 11.9. The molecule has 45 heavy (non-hydrogen) atoms. The molecule has 0 bridgehead atoms. The molecule has 0 radical (unpaired) electrons. The fourth-order valence-electron chi connectivity index (χ4n) is 5.18. The van der Waals surface area contributed by atoms with Crippen molar-refractivity contribution < 1.29 is 28.5 Å². The quantitative estimate of drug-likeness (QED) is 0.0906. The van der Waals surface area contributed by atoms with Crippen molar-refractivity contribution in [3.8, 4) is 22.6 Å². The van der Waals surface area contributed by atoms with Crippen LogP contribution in [0.3, 0.4) is 0 Å². The lowest BCUT2D eigenvalue weighted by atomic mass is 10.0. The van der Waals surface area contributed by atoms with Crippen LogP contribution in [0.15, 0.2) is 97.1 Å². The molecule has 7 nitrogen and oxygen atoms in total. The summed E-state index contributed by atoms with van der Waals surface area (Å²) in [6.45, 7) is 5.07. The average Bonchev–Trinajstić information content (AvgIpc) is 3.08. The Hall–Kier alpha value is -4.62. The Bertz CT molecular complexity index is 1500. The van der Waals surface area contributed by atoms with Gasteiger partial charge in [0.1, 0.15) is 18.1 Å². The zero-order valence-electron chi connectivity index (χ0n) is 26.5. The maximum Gasteiger partial charge on any atom is 0.337 e. The van der Waals surface area contributed by atoms with Crippen LogP contribution in [0.1, 0.15) is 53.2 Å². The number of hydrogen-bond acceptors (Lipinski definition) is 7. The Kier molecular flexibility index (Phi) is 13.0. The van der Waals surface area contributed by atoms with E-state index in [9.17, 15) is 9.59 Å². The number of carbonyl (C=O) groups excluding carboxylic acids is 2. The first kappa shape index (κ1) is 33.3. The molecule has 0 atom stereocenters. The molecule has 236 valence electrons. The van der Waals surface area contributed by atoms with Crippen molar-refractivity contribution in [1.82, 2.24) is 4.90 Å². The second-order valence-electron chi connectivity index (χ2n) is 10.8. The normalized spacial score (nSPS) is 10.8. The summed E-state index contributed by atoms with van der Waals surface area (Å²) in [5.41, 5.74) is 6.02. The Morgan fingerprint density at radius 1 is 0.733 bits per heavy atom. The first-order chi connectivity index (χ1) is 22.0. The first-order valence-electron chi connectivity index (χ1n) is 15.5. The fraction of sp³-hybridized carbons (Fsp3) is 0.316. The van der Waals surface area contributed by atoms with Crippen molar-refractivity contribution in [3.05, 3.63) is 119 Å².